The molecule has 164 valence electrons. The van der Waals surface area contributed by atoms with Gasteiger partial charge in [0, 0.05) is 6.42 Å². The molecule has 0 spiro atoms. The molecule has 0 heterocycles. The lowest BCUT2D eigenvalue weighted by atomic mass is 9.46. The molecule has 0 radical (unpaired) electrons. The SMILES string of the molecule is CC(C)CCC[C@H](C)[C@H]1CCC2[C@@H]3C[C@@H](O)C4=CC(=O)CC[C@]4(C)C3CC[C@@]21C. The van der Waals surface area contributed by atoms with Gasteiger partial charge in [-0.25, -0.2) is 0 Å². The zero-order chi connectivity index (χ0) is 21.0. The summed E-state index contributed by atoms with van der Waals surface area (Å²) >= 11 is 0. The lowest BCUT2D eigenvalue weighted by molar-refractivity contribution is -0.119. The first-order valence-corrected chi connectivity index (χ1v) is 12.6. The standard InChI is InChI=1S/C27H44O2/c1-17(2)7-6-8-18(3)21-9-10-22-20-16-25(29)24-15-19(28)11-13-27(24,5)23(20)12-14-26(21,22)4/h15,17-18,20-23,25,29H,6-14,16H2,1-5H3/t18-,20-,21+,22?,23?,25+,26+,27+/m0/s1. The molecular formula is C27H44O2. The highest BCUT2D eigenvalue weighted by molar-refractivity contribution is 5.91. The Labute approximate surface area is 178 Å². The second-order valence-electron chi connectivity index (χ2n) is 12.1. The van der Waals surface area contributed by atoms with Crippen LogP contribution < -0.4 is 0 Å². The van der Waals surface area contributed by atoms with Gasteiger partial charge in [0.05, 0.1) is 6.10 Å². The molecule has 0 saturated heterocycles. The molecule has 2 heteroatoms. The summed E-state index contributed by atoms with van der Waals surface area (Å²) in [6.07, 6.45) is 13.5. The van der Waals surface area contributed by atoms with Crippen LogP contribution in [0.15, 0.2) is 11.6 Å². The van der Waals surface area contributed by atoms with Crippen LogP contribution in [0, 0.1) is 46.3 Å². The zero-order valence-electron chi connectivity index (χ0n) is 19.5. The van der Waals surface area contributed by atoms with Crippen molar-refractivity contribution in [3.8, 4) is 0 Å². The van der Waals surface area contributed by atoms with Crippen LogP contribution >= 0.6 is 0 Å². The van der Waals surface area contributed by atoms with E-state index in [0.29, 0.717) is 23.7 Å². The second-order valence-corrected chi connectivity index (χ2v) is 12.1. The van der Waals surface area contributed by atoms with Crippen LogP contribution in [0.3, 0.4) is 0 Å². The summed E-state index contributed by atoms with van der Waals surface area (Å²) in [7, 11) is 0. The third-order valence-corrected chi connectivity index (χ3v) is 10.2. The Morgan fingerprint density at radius 3 is 2.55 bits per heavy atom. The Morgan fingerprint density at radius 2 is 1.83 bits per heavy atom. The van der Waals surface area contributed by atoms with E-state index in [0.717, 1.165) is 42.1 Å². The van der Waals surface area contributed by atoms with Crippen molar-refractivity contribution in [1.82, 2.24) is 0 Å². The predicted molar refractivity (Wildman–Crippen MR) is 119 cm³/mol. The Morgan fingerprint density at radius 1 is 1.07 bits per heavy atom. The van der Waals surface area contributed by atoms with Crippen molar-refractivity contribution in [2.45, 2.75) is 105 Å². The molecule has 8 atom stereocenters. The van der Waals surface area contributed by atoms with E-state index in [-0.39, 0.29) is 11.2 Å². The van der Waals surface area contributed by atoms with Gasteiger partial charge in [0.25, 0.3) is 0 Å². The Balaban J connectivity index is 1.53. The molecule has 0 amide bonds. The summed E-state index contributed by atoms with van der Waals surface area (Å²) < 4.78 is 0. The first-order valence-electron chi connectivity index (χ1n) is 12.6. The minimum Gasteiger partial charge on any atom is -0.389 e. The minimum absolute atomic E-state index is 0.0541. The van der Waals surface area contributed by atoms with Crippen LogP contribution in [0.1, 0.15) is 98.8 Å². The van der Waals surface area contributed by atoms with Crippen molar-refractivity contribution in [3.05, 3.63) is 11.6 Å². The monoisotopic (exact) mass is 400 g/mol. The summed E-state index contributed by atoms with van der Waals surface area (Å²) in [5.41, 5.74) is 1.59. The van der Waals surface area contributed by atoms with Gasteiger partial charge in [0.1, 0.15) is 0 Å². The number of carbonyl (C=O) groups is 1. The number of carbonyl (C=O) groups excluding carboxylic acids is 1. The molecule has 4 aliphatic carbocycles. The first-order chi connectivity index (χ1) is 13.7. The minimum atomic E-state index is -0.393. The van der Waals surface area contributed by atoms with Crippen LogP contribution in [0.2, 0.25) is 0 Å². The van der Waals surface area contributed by atoms with Gasteiger partial charge in [-0.05, 0) is 96.5 Å². The molecule has 2 nitrogen and oxygen atoms in total. The molecule has 2 unspecified atom stereocenters. The number of rotatable bonds is 5. The maximum Gasteiger partial charge on any atom is 0.155 e. The molecule has 4 aliphatic rings. The molecule has 0 aliphatic heterocycles. The van der Waals surface area contributed by atoms with E-state index in [1.165, 1.54) is 44.9 Å². The molecular weight excluding hydrogens is 356 g/mol. The number of ketones is 1. The third-order valence-electron chi connectivity index (χ3n) is 10.2. The van der Waals surface area contributed by atoms with Crippen molar-refractivity contribution in [1.29, 1.82) is 0 Å². The fourth-order valence-corrected chi connectivity index (χ4v) is 8.63. The van der Waals surface area contributed by atoms with Gasteiger partial charge in [0.15, 0.2) is 5.78 Å². The van der Waals surface area contributed by atoms with Crippen molar-refractivity contribution >= 4 is 5.78 Å². The van der Waals surface area contributed by atoms with Crippen molar-refractivity contribution in [2.24, 2.45) is 46.3 Å². The molecule has 3 fully saturated rings. The van der Waals surface area contributed by atoms with E-state index in [1.54, 1.807) is 0 Å². The lowest BCUT2D eigenvalue weighted by Gasteiger charge is -2.59. The normalized spacial score (nSPS) is 45.4. The Kier molecular flexibility index (Phi) is 5.82. The van der Waals surface area contributed by atoms with E-state index >= 15 is 0 Å². The van der Waals surface area contributed by atoms with Gasteiger partial charge < -0.3 is 5.11 Å². The van der Waals surface area contributed by atoms with E-state index in [4.69, 9.17) is 0 Å². The summed E-state index contributed by atoms with van der Waals surface area (Å²) in [5, 5.41) is 11.1. The summed E-state index contributed by atoms with van der Waals surface area (Å²) in [6.45, 7) is 12.2. The Bertz CT molecular complexity index is 663. The largest absolute Gasteiger partial charge is 0.389 e. The van der Waals surface area contributed by atoms with Crippen LogP contribution in [-0.4, -0.2) is 17.0 Å². The first kappa shape index (κ1) is 21.6. The predicted octanol–water partition coefficient (Wildman–Crippen LogP) is 6.57. The van der Waals surface area contributed by atoms with Gasteiger partial charge in [-0.2, -0.15) is 0 Å². The van der Waals surface area contributed by atoms with Gasteiger partial charge in [-0.3, -0.25) is 4.79 Å². The Hall–Kier alpha value is -0.630. The average Bonchev–Trinajstić information content (AvgIpc) is 3.00. The van der Waals surface area contributed by atoms with Crippen LogP contribution in [0.25, 0.3) is 0 Å². The highest BCUT2D eigenvalue weighted by atomic mass is 16.3. The van der Waals surface area contributed by atoms with E-state index < -0.39 is 6.10 Å². The number of hydrogen-bond acceptors (Lipinski definition) is 2. The van der Waals surface area contributed by atoms with Gasteiger partial charge in [-0.1, -0.05) is 53.9 Å². The van der Waals surface area contributed by atoms with Gasteiger partial charge in [0.2, 0.25) is 0 Å². The van der Waals surface area contributed by atoms with Gasteiger partial charge in [-0.15, -0.1) is 0 Å². The van der Waals surface area contributed by atoms with Crippen molar-refractivity contribution in [2.75, 3.05) is 0 Å². The van der Waals surface area contributed by atoms with Crippen molar-refractivity contribution in [3.63, 3.8) is 0 Å². The van der Waals surface area contributed by atoms with Gasteiger partial charge >= 0.3 is 0 Å². The van der Waals surface area contributed by atoms with E-state index in [2.05, 4.69) is 34.6 Å². The van der Waals surface area contributed by atoms with E-state index in [9.17, 15) is 9.90 Å². The topological polar surface area (TPSA) is 37.3 Å². The molecule has 0 aromatic carbocycles. The fourth-order valence-electron chi connectivity index (χ4n) is 8.63. The molecule has 3 saturated carbocycles. The quantitative estimate of drug-likeness (QED) is 0.567. The number of aliphatic hydroxyl groups excluding tert-OH is 1. The molecule has 1 N–H and O–H groups in total. The van der Waals surface area contributed by atoms with Crippen LogP contribution in [0.4, 0.5) is 0 Å². The molecule has 4 rings (SSSR count). The molecule has 0 bridgehead atoms. The van der Waals surface area contributed by atoms with E-state index in [1.807, 2.05) is 6.08 Å². The average molecular weight is 401 g/mol. The molecule has 0 aromatic heterocycles. The molecule has 29 heavy (non-hydrogen) atoms. The summed E-state index contributed by atoms with van der Waals surface area (Å²) in [4.78, 5) is 12.1. The highest BCUT2D eigenvalue weighted by Gasteiger charge is 2.60. The van der Waals surface area contributed by atoms with Crippen LogP contribution in [0.5, 0.6) is 0 Å². The molecule has 0 aromatic rings. The maximum absolute atomic E-state index is 12.1. The number of aliphatic hydroxyl groups is 1. The maximum atomic E-state index is 12.1. The lowest BCUT2D eigenvalue weighted by Crippen LogP contribution is -2.54. The smallest absolute Gasteiger partial charge is 0.155 e. The highest BCUT2D eigenvalue weighted by Crippen LogP contribution is 2.67. The zero-order valence-corrected chi connectivity index (χ0v) is 19.5. The fraction of sp³-hybridized carbons (Fsp3) is 0.889. The third kappa shape index (κ3) is 3.56. The number of fused-ring (bicyclic) bond motifs is 5. The summed E-state index contributed by atoms with van der Waals surface area (Å²) in [6, 6.07) is 0. The second kappa shape index (κ2) is 7.81. The van der Waals surface area contributed by atoms with Crippen molar-refractivity contribution < 1.29 is 9.90 Å². The summed E-state index contributed by atoms with van der Waals surface area (Å²) in [5.74, 6) is 4.81. The number of hydrogen-bond donors (Lipinski definition) is 1. The van der Waals surface area contributed by atoms with Crippen LogP contribution in [-0.2, 0) is 4.79 Å².